The van der Waals surface area contributed by atoms with Crippen molar-refractivity contribution in [2.45, 2.75) is 20.3 Å². The minimum Gasteiger partial charge on any atom is -0.388 e. The number of hydrogen-bond donors (Lipinski definition) is 1. The molecule has 1 aromatic carbocycles. The summed E-state index contributed by atoms with van der Waals surface area (Å²) in [4.78, 5) is 0. The van der Waals surface area contributed by atoms with Crippen molar-refractivity contribution in [3.05, 3.63) is 29.3 Å². The first-order valence-electron chi connectivity index (χ1n) is 4.55. The number of rotatable bonds is 1. The molecule has 0 unspecified atom stereocenters. The van der Waals surface area contributed by atoms with Gasteiger partial charge < -0.3 is 5.32 Å². The summed E-state index contributed by atoms with van der Waals surface area (Å²) in [5.41, 5.74) is 3.47. The van der Waals surface area contributed by atoms with Crippen LogP contribution in [0.5, 0.6) is 0 Å². The molecule has 0 aromatic heterocycles. The highest BCUT2D eigenvalue weighted by Gasteiger charge is 1.95. The molecule has 1 heteroatoms. The van der Waals surface area contributed by atoms with Gasteiger partial charge in [-0.25, -0.2) is 0 Å². The van der Waals surface area contributed by atoms with E-state index in [9.17, 15) is 0 Å². The van der Waals surface area contributed by atoms with Crippen LogP contribution < -0.4 is 5.32 Å². The summed E-state index contributed by atoms with van der Waals surface area (Å²) in [6.45, 7) is 4.14. The second-order valence-electron chi connectivity index (χ2n) is 2.94. The van der Waals surface area contributed by atoms with Crippen LogP contribution in [0, 0.1) is 18.8 Å². The Labute approximate surface area is 80.2 Å². The van der Waals surface area contributed by atoms with Crippen molar-refractivity contribution in [1.82, 2.24) is 0 Å². The molecule has 0 radical (unpaired) electrons. The second kappa shape index (κ2) is 4.57. The quantitative estimate of drug-likeness (QED) is 0.644. The summed E-state index contributed by atoms with van der Waals surface area (Å²) >= 11 is 0. The van der Waals surface area contributed by atoms with E-state index in [1.165, 1.54) is 5.56 Å². The van der Waals surface area contributed by atoms with Crippen LogP contribution in [0.1, 0.15) is 24.5 Å². The van der Waals surface area contributed by atoms with Crippen LogP contribution in [0.2, 0.25) is 0 Å². The molecule has 0 heterocycles. The third-order valence-corrected chi connectivity index (χ3v) is 1.93. The van der Waals surface area contributed by atoms with Crippen molar-refractivity contribution in [2.24, 2.45) is 0 Å². The van der Waals surface area contributed by atoms with E-state index in [1.54, 1.807) is 0 Å². The van der Waals surface area contributed by atoms with Crippen LogP contribution in [0.15, 0.2) is 18.2 Å². The van der Waals surface area contributed by atoms with Gasteiger partial charge in [0.05, 0.1) is 0 Å². The number of hydrogen-bond acceptors (Lipinski definition) is 1. The number of nitrogens with one attached hydrogen (secondary N) is 1. The van der Waals surface area contributed by atoms with Crippen molar-refractivity contribution in [1.29, 1.82) is 0 Å². The first kappa shape index (κ1) is 9.67. The molecule has 1 nitrogen and oxygen atoms in total. The fraction of sp³-hybridized carbons (Fsp3) is 0.333. The maximum absolute atomic E-state index is 3.15. The highest BCUT2D eigenvalue weighted by atomic mass is 14.8. The molecule has 0 fully saturated rings. The lowest BCUT2D eigenvalue weighted by molar-refractivity contribution is 1.28. The molecule has 0 saturated heterocycles. The molecule has 1 rings (SSSR count). The molecule has 0 aliphatic carbocycles. The third-order valence-electron chi connectivity index (χ3n) is 1.93. The zero-order valence-corrected chi connectivity index (χ0v) is 8.44. The predicted octanol–water partition coefficient (Wildman–Crippen LogP) is 2.80. The molecule has 0 saturated carbocycles. The molecule has 1 N–H and O–H groups in total. The minimum absolute atomic E-state index is 0.906. The smallest absolute Gasteiger partial charge is 0.0350 e. The fourth-order valence-corrected chi connectivity index (χ4v) is 1.10. The van der Waals surface area contributed by atoms with E-state index in [2.05, 4.69) is 49.2 Å². The van der Waals surface area contributed by atoms with Gasteiger partial charge >= 0.3 is 0 Å². The van der Waals surface area contributed by atoms with E-state index >= 15 is 0 Å². The fourth-order valence-electron chi connectivity index (χ4n) is 1.10. The van der Waals surface area contributed by atoms with Gasteiger partial charge in [0, 0.05) is 24.7 Å². The standard InChI is InChI=1S/C12H15N/c1-4-5-6-11-9-12(13-3)8-7-10(11)2/h7-9,13H,4H2,1-3H3. The van der Waals surface area contributed by atoms with E-state index in [0.717, 1.165) is 17.7 Å². The van der Waals surface area contributed by atoms with Gasteiger partial charge in [-0.1, -0.05) is 24.8 Å². The summed E-state index contributed by atoms with van der Waals surface area (Å²) in [6, 6.07) is 6.23. The van der Waals surface area contributed by atoms with Gasteiger partial charge in [0.2, 0.25) is 0 Å². The molecular weight excluding hydrogens is 158 g/mol. The summed E-state index contributed by atoms with van der Waals surface area (Å²) in [7, 11) is 1.92. The molecule has 13 heavy (non-hydrogen) atoms. The Bertz CT molecular complexity index is 342. The van der Waals surface area contributed by atoms with Crippen LogP contribution in [0.3, 0.4) is 0 Å². The number of anilines is 1. The Balaban J connectivity index is 3.04. The van der Waals surface area contributed by atoms with E-state index in [1.807, 2.05) is 7.05 Å². The summed E-state index contributed by atoms with van der Waals surface area (Å²) in [6.07, 6.45) is 0.906. The van der Waals surface area contributed by atoms with Crippen molar-refractivity contribution >= 4 is 5.69 Å². The SMILES string of the molecule is CCC#Cc1cc(NC)ccc1C. The minimum atomic E-state index is 0.906. The van der Waals surface area contributed by atoms with Crippen LogP contribution in [-0.2, 0) is 0 Å². The van der Waals surface area contributed by atoms with E-state index in [0.29, 0.717) is 0 Å². The van der Waals surface area contributed by atoms with Crippen molar-refractivity contribution in [2.75, 3.05) is 12.4 Å². The monoisotopic (exact) mass is 173 g/mol. The van der Waals surface area contributed by atoms with Gasteiger partial charge in [0.25, 0.3) is 0 Å². The van der Waals surface area contributed by atoms with Crippen molar-refractivity contribution in [3.8, 4) is 11.8 Å². The van der Waals surface area contributed by atoms with Gasteiger partial charge in [0.1, 0.15) is 0 Å². The molecule has 0 aliphatic heterocycles. The largest absolute Gasteiger partial charge is 0.388 e. The molecule has 0 amide bonds. The lowest BCUT2D eigenvalue weighted by atomic mass is 10.1. The molecule has 0 bridgehead atoms. The Hall–Kier alpha value is -1.42. The van der Waals surface area contributed by atoms with Crippen molar-refractivity contribution in [3.63, 3.8) is 0 Å². The summed E-state index contributed by atoms with van der Waals surface area (Å²) in [5, 5.41) is 3.10. The summed E-state index contributed by atoms with van der Waals surface area (Å²) < 4.78 is 0. The van der Waals surface area contributed by atoms with Crippen LogP contribution in [-0.4, -0.2) is 7.05 Å². The van der Waals surface area contributed by atoms with E-state index in [4.69, 9.17) is 0 Å². The summed E-state index contributed by atoms with van der Waals surface area (Å²) in [5.74, 6) is 6.23. The van der Waals surface area contributed by atoms with Gasteiger partial charge in [0.15, 0.2) is 0 Å². The Morgan fingerprint density at radius 1 is 1.38 bits per heavy atom. The van der Waals surface area contributed by atoms with E-state index < -0.39 is 0 Å². The highest BCUT2D eigenvalue weighted by molar-refractivity contribution is 5.53. The van der Waals surface area contributed by atoms with E-state index in [-0.39, 0.29) is 0 Å². The molecular formula is C12H15N. The maximum Gasteiger partial charge on any atom is 0.0350 e. The predicted molar refractivity (Wildman–Crippen MR) is 57.9 cm³/mol. The highest BCUT2D eigenvalue weighted by Crippen LogP contribution is 2.13. The van der Waals surface area contributed by atoms with Crippen LogP contribution in [0.4, 0.5) is 5.69 Å². The second-order valence-corrected chi connectivity index (χ2v) is 2.94. The van der Waals surface area contributed by atoms with Gasteiger partial charge in [-0.3, -0.25) is 0 Å². The lowest BCUT2D eigenvalue weighted by Crippen LogP contribution is -1.90. The molecule has 68 valence electrons. The Morgan fingerprint density at radius 3 is 2.77 bits per heavy atom. The zero-order valence-electron chi connectivity index (χ0n) is 8.44. The van der Waals surface area contributed by atoms with Crippen LogP contribution >= 0.6 is 0 Å². The van der Waals surface area contributed by atoms with Gasteiger partial charge in [-0.05, 0) is 24.6 Å². The molecule has 0 atom stereocenters. The van der Waals surface area contributed by atoms with Crippen LogP contribution in [0.25, 0.3) is 0 Å². The molecule has 0 aliphatic rings. The lowest BCUT2D eigenvalue weighted by Gasteiger charge is -2.02. The number of aryl methyl sites for hydroxylation is 1. The average molecular weight is 173 g/mol. The third kappa shape index (κ3) is 2.52. The molecule has 1 aromatic rings. The van der Waals surface area contributed by atoms with Crippen molar-refractivity contribution < 1.29 is 0 Å². The molecule has 0 spiro atoms. The zero-order chi connectivity index (χ0) is 9.68. The van der Waals surface area contributed by atoms with Gasteiger partial charge in [-0.15, -0.1) is 0 Å². The first-order chi connectivity index (χ1) is 6.27. The van der Waals surface area contributed by atoms with Gasteiger partial charge in [-0.2, -0.15) is 0 Å². The topological polar surface area (TPSA) is 12.0 Å². The Morgan fingerprint density at radius 2 is 2.15 bits per heavy atom. The first-order valence-corrected chi connectivity index (χ1v) is 4.55. The average Bonchev–Trinajstić information content (AvgIpc) is 2.17. The maximum atomic E-state index is 3.15. The number of benzene rings is 1. The normalized spacial score (nSPS) is 8.85. The Kier molecular flexibility index (Phi) is 3.40.